The summed E-state index contributed by atoms with van der Waals surface area (Å²) < 4.78 is 20.4. The number of halogens is 1. The molecule has 0 spiro atoms. The van der Waals surface area contributed by atoms with Gasteiger partial charge in [-0.1, -0.05) is 104 Å². The number of aryl methyl sites for hydroxylation is 1. The summed E-state index contributed by atoms with van der Waals surface area (Å²) in [6.45, 7) is 5.13. The quantitative estimate of drug-likeness (QED) is 0.204. The van der Waals surface area contributed by atoms with Crippen LogP contribution in [0.2, 0.25) is 0 Å². The Hall–Kier alpha value is -1.97. The van der Waals surface area contributed by atoms with Crippen LogP contribution >= 0.6 is 0 Å². The molecule has 200 valence electrons. The molecule has 4 heteroatoms. The molecule has 1 aromatic carbocycles. The van der Waals surface area contributed by atoms with Crippen LogP contribution in [0.3, 0.4) is 0 Å². The normalized spacial score (nSPS) is 17.9. The van der Waals surface area contributed by atoms with Crippen molar-refractivity contribution in [3.05, 3.63) is 41.8 Å². The Kier molecular flexibility index (Phi) is 13.3. The van der Waals surface area contributed by atoms with Crippen LogP contribution < -0.4 is 4.74 Å². The third-order valence-electron chi connectivity index (χ3n) is 7.94. The van der Waals surface area contributed by atoms with Crippen LogP contribution in [0.1, 0.15) is 122 Å². The summed E-state index contributed by atoms with van der Waals surface area (Å²) in [5.41, 5.74) is 2.08. The highest BCUT2D eigenvalue weighted by Gasteiger charge is 2.21. The summed E-state index contributed by atoms with van der Waals surface area (Å²) in [6.07, 6.45) is 22.0. The van der Waals surface area contributed by atoms with Crippen molar-refractivity contribution in [1.29, 1.82) is 0 Å². The van der Waals surface area contributed by atoms with E-state index in [0.717, 1.165) is 36.8 Å². The number of ether oxygens (including phenoxy) is 1. The van der Waals surface area contributed by atoms with Crippen molar-refractivity contribution in [2.24, 2.45) is 11.8 Å². The number of benzene rings is 1. The molecular formula is C32H49FN2O. The lowest BCUT2D eigenvalue weighted by atomic mass is 9.78. The van der Waals surface area contributed by atoms with Gasteiger partial charge in [-0.15, -0.1) is 0 Å². The molecule has 3 nitrogen and oxygen atoms in total. The second-order valence-electron chi connectivity index (χ2n) is 10.9. The maximum atomic E-state index is 14.7. The third kappa shape index (κ3) is 10.2. The second kappa shape index (κ2) is 16.7. The van der Waals surface area contributed by atoms with E-state index in [4.69, 9.17) is 4.74 Å². The summed E-state index contributed by atoms with van der Waals surface area (Å²) in [4.78, 5) is 0. The number of aromatic nitrogens is 2. The van der Waals surface area contributed by atoms with E-state index in [2.05, 4.69) is 24.0 Å². The van der Waals surface area contributed by atoms with Gasteiger partial charge in [0.1, 0.15) is 11.6 Å². The van der Waals surface area contributed by atoms with Gasteiger partial charge in [-0.2, -0.15) is 10.2 Å². The highest BCUT2D eigenvalue weighted by Crippen LogP contribution is 2.34. The molecule has 1 saturated carbocycles. The zero-order valence-electron chi connectivity index (χ0n) is 23.0. The fourth-order valence-electron chi connectivity index (χ4n) is 5.52. The van der Waals surface area contributed by atoms with Crippen molar-refractivity contribution < 1.29 is 9.13 Å². The monoisotopic (exact) mass is 496 g/mol. The topological polar surface area (TPSA) is 35.0 Å². The smallest absolute Gasteiger partial charge is 0.136 e. The first-order valence-electron chi connectivity index (χ1n) is 14.9. The van der Waals surface area contributed by atoms with Gasteiger partial charge < -0.3 is 4.74 Å². The van der Waals surface area contributed by atoms with E-state index in [9.17, 15) is 4.39 Å². The largest absolute Gasteiger partial charge is 0.493 e. The number of hydrogen-bond acceptors (Lipinski definition) is 3. The summed E-state index contributed by atoms with van der Waals surface area (Å²) in [5, 5.41) is 8.76. The first-order chi connectivity index (χ1) is 17.7. The molecule has 0 atom stereocenters. The lowest BCUT2D eigenvalue weighted by Gasteiger charge is -2.28. The number of nitrogens with zero attached hydrogens (tertiary/aromatic N) is 2. The van der Waals surface area contributed by atoms with Crippen LogP contribution in [-0.4, -0.2) is 16.8 Å². The number of hydrogen-bond donors (Lipinski definition) is 0. The van der Waals surface area contributed by atoms with Crippen LogP contribution in [0.15, 0.2) is 30.3 Å². The van der Waals surface area contributed by atoms with Gasteiger partial charge in [0.15, 0.2) is 0 Å². The van der Waals surface area contributed by atoms with Gasteiger partial charge >= 0.3 is 0 Å². The zero-order chi connectivity index (χ0) is 25.4. The lowest BCUT2D eigenvalue weighted by molar-refractivity contribution is 0.248. The van der Waals surface area contributed by atoms with E-state index in [-0.39, 0.29) is 5.82 Å². The number of rotatable bonds is 17. The average Bonchev–Trinajstić information content (AvgIpc) is 2.90. The minimum absolute atomic E-state index is 0.303. The van der Waals surface area contributed by atoms with Gasteiger partial charge in [-0.3, -0.25) is 0 Å². The molecule has 0 unspecified atom stereocenters. The summed E-state index contributed by atoms with van der Waals surface area (Å²) in [7, 11) is 0. The van der Waals surface area contributed by atoms with Gasteiger partial charge in [-0.25, -0.2) is 4.39 Å². The Balaban J connectivity index is 1.37. The molecule has 0 bridgehead atoms. The molecule has 1 aromatic heterocycles. The predicted molar refractivity (Wildman–Crippen MR) is 149 cm³/mol. The molecule has 0 saturated heterocycles. The maximum absolute atomic E-state index is 14.7. The summed E-state index contributed by atoms with van der Waals surface area (Å²) >= 11 is 0. The van der Waals surface area contributed by atoms with Crippen LogP contribution in [0, 0.1) is 17.7 Å². The van der Waals surface area contributed by atoms with E-state index in [0.29, 0.717) is 23.6 Å². The molecule has 1 fully saturated rings. The average molecular weight is 497 g/mol. The molecule has 36 heavy (non-hydrogen) atoms. The highest BCUT2D eigenvalue weighted by molar-refractivity contribution is 5.60. The zero-order valence-corrected chi connectivity index (χ0v) is 23.0. The molecule has 1 aliphatic rings. The van der Waals surface area contributed by atoms with Crippen molar-refractivity contribution in [1.82, 2.24) is 10.2 Å². The van der Waals surface area contributed by atoms with Gasteiger partial charge in [-0.05, 0) is 55.4 Å². The standard InChI is InChI=1S/C32H49FN2O/c1-3-5-7-9-11-13-26-14-16-27(17-15-26)18-19-28-20-23-32(35-34-28)30-22-21-29(25-31(30)33)36-24-12-10-8-6-4-2/h20-23,25-27H,3-19,24H2,1-2H3. The molecule has 2 aromatic rings. The van der Waals surface area contributed by atoms with Crippen LogP contribution in [0.5, 0.6) is 5.75 Å². The first-order valence-corrected chi connectivity index (χ1v) is 14.9. The van der Waals surface area contributed by atoms with E-state index < -0.39 is 0 Å². The van der Waals surface area contributed by atoms with Crippen molar-refractivity contribution in [3.63, 3.8) is 0 Å². The number of unbranched alkanes of at least 4 members (excludes halogenated alkanes) is 8. The van der Waals surface area contributed by atoms with E-state index in [1.54, 1.807) is 6.07 Å². The SMILES string of the molecule is CCCCCCCOc1ccc(-c2ccc(CCC3CCC(CCCCCCC)CC3)nn2)c(F)c1. The van der Waals surface area contributed by atoms with Crippen LogP contribution in [0.4, 0.5) is 4.39 Å². The van der Waals surface area contributed by atoms with E-state index >= 15 is 0 Å². The minimum Gasteiger partial charge on any atom is -0.493 e. The molecular weight excluding hydrogens is 447 g/mol. The predicted octanol–water partition coefficient (Wildman–Crippen LogP) is 9.73. The van der Waals surface area contributed by atoms with Crippen molar-refractivity contribution in [2.45, 2.75) is 123 Å². The van der Waals surface area contributed by atoms with Crippen molar-refractivity contribution in [2.75, 3.05) is 6.61 Å². The van der Waals surface area contributed by atoms with Crippen LogP contribution in [0.25, 0.3) is 11.3 Å². The molecule has 0 radical (unpaired) electrons. The third-order valence-corrected chi connectivity index (χ3v) is 7.94. The first kappa shape index (κ1) is 28.6. The molecule has 3 rings (SSSR count). The van der Waals surface area contributed by atoms with Gasteiger partial charge in [0.2, 0.25) is 0 Å². The molecule has 0 amide bonds. The minimum atomic E-state index is -0.303. The Morgan fingerprint density at radius 3 is 2.06 bits per heavy atom. The summed E-state index contributed by atoms with van der Waals surface area (Å²) in [5.74, 6) is 2.06. The lowest BCUT2D eigenvalue weighted by Crippen LogP contribution is -2.15. The van der Waals surface area contributed by atoms with Crippen molar-refractivity contribution in [3.8, 4) is 17.0 Å². The van der Waals surface area contributed by atoms with E-state index in [1.807, 2.05) is 18.2 Å². The van der Waals surface area contributed by atoms with Crippen LogP contribution in [-0.2, 0) is 6.42 Å². The fourth-order valence-corrected chi connectivity index (χ4v) is 5.52. The Labute approximate surface area is 219 Å². The second-order valence-corrected chi connectivity index (χ2v) is 10.9. The molecule has 0 N–H and O–H groups in total. The Bertz CT molecular complexity index is 846. The highest BCUT2D eigenvalue weighted by atomic mass is 19.1. The van der Waals surface area contributed by atoms with Gasteiger partial charge in [0.05, 0.1) is 18.0 Å². The van der Waals surface area contributed by atoms with Crippen molar-refractivity contribution >= 4 is 0 Å². The van der Waals surface area contributed by atoms with Gasteiger partial charge in [0.25, 0.3) is 0 Å². The van der Waals surface area contributed by atoms with Gasteiger partial charge in [0, 0.05) is 11.6 Å². The Morgan fingerprint density at radius 2 is 1.42 bits per heavy atom. The molecule has 1 aliphatic carbocycles. The summed E-state index contributed by atoms with van der Waals surface area (Å²) in [6, 6.07) is 8.99. The maximum Gasteiger partial charge on any atom is 0.136 e. The van der Waals surface area contributed by atoms with E-state index in [1.165, 1.54) is 96.0 Å². The fraction of sp³-hybridized carbons (Fsp3) is 0.688. The Morgan fingerprint density at radius 1 is 0.750 bits per heavy atom. The molecule has 0 aliphatic heterocycles. The molecule has 1 heterocycles.